The molecule has 182 valence electrons. The number of pyridine rings is 1. The predicted molar refractivity (Wildman–Crippen MR) is 139 cm³/mol. The predicted octanol–water partition coefficient (Wildman–Crippen LogP) is 5.56. The third-order valence-electron chi connectivity index (χ3n) is 6.89. The normalized spacial score (nSPS) is 16.2. The van der Waals surface area contributed by atoms with Gasteiger partial charge in [0.1, 0.15) is 17.2 Å². The largest absolute Gasteiger partial charge is 0.353 e. The number of hydrogen-bond donors (Lipinski definition) is 3. The molecule has 0 atom stereocenters. The summed E-state index contributed by atoms with van der Waals surface area (Å²) in [5, 5.41) is 6.81. The number of fused-ring (bicyclic) bond motifs is 2. The Balaban J connectivity index is 1.38. The molecule has 4 heterocycles. The molecule has 1 aromatic carbocycles. The van der Waals surface area contributed by atoms with Crippen molar-refractivity contribution in [2.24, 2.45) is 0 Å². The van der Waals surface area contributed by atoms with E-state index < -0.39 is 9.84 Å². The lowest BCUT2D eigenvalue weighted by Gasteiger charge is -2.14. The Labute approximate surface area is 205 Å². The van der Waals surface area contributed by atoms with Gasteiger partial charge in [-0.15, -0.1) is 0 Å². The first-order valence-corrected chi connectivity index (χ1v) is 14.2. The van der Waals surface area contributed by atoms with E-state index in [2.05, 4.69) is 37.4 Å². The SMILES string of the molecule is Cc1nc2nc(Nc3cc4n(c3)CCCCC4)cc(Nc3ccc(C4CC4)cc3S(C)(=O)=O)c2[nH]1. The van der Waals surface area contributed by atoms with Gasteiger partial charge in [-0.05, 0) is 68.7 Å². The van der Waals surface area contributed by atoms with E-state index in [1.807, 2.05) is 31.2 Å². The molecule has 0 bridgehead atoms. The number of benzene rings is 1. The van der Waals surface area contributed by atoms with Crippen molar-refractivity contribution in [2.45, 2.75) is 62.8 Å². The molecule has 2 aliphatic rings. The van der Waals surface area contributed by atoms with Crippen LogP contribution in [0, 0.1) is 6.92 Å². The zero-order chi connectivity index (χ0) is 24.2. The average Bonchev–Trinajstić information content (AvgIpc) is 3.53. The quantitative estimate of drug-likeness (QED) is 0.327. The third kappa shape index (κ3) is 4.52. The lowest BCUT2D eigenvalue weighted by Crippen LogP contribution is -2.05. The van der Waals surface area contributed by atoms with Crippen molar-refractivity contribution in [1.82, 2.24) is 19.5 Å². The second kappa shape index (κ2) is 8.41. The van der Waals surface area contributed by atoms with Crippen molar-refractivity contribution in [1.29, 1.82) is 0 Å². The molecule has 8 nitrogen and oxygen atoms in total. The topological polar surface area (TPSA) is 105 Å². The molecule has 1 saturated carbocycles. The summed E-state index contributed by atoms with van der Waals surface area (Å²) in [4.78, 5) is 12.8. The lowest BCUT2D eigenvalue weighted by molar-refractivity contribution is 0.602. The van der Waals surface area contributed by atoms with Gasteiger partial charge in [-0.3, -0.25) is 0 Å². The molecule has 6 rings (SSSR count). The van der Waals surface area contributed by atoms with Crippen LogP contribution in [0.3, 0.4) is 0 Å². The zero-order valence-electron chi connectivity index (χ0n) is 20.1. The number of hydrogen-bond acceptors (Lipinski definition) is 6. The van der Waals surface area contributed by atoms with E-state index in [0.29, 0.717) is 28.0 Å². The molecule has 0 spiro atoms. The van der Waals surface area contributed by atoms with Crippen molar-refractivity contribution < 1.29 is 8.42 Å². The first kappa shape index (κ1) is 22.2. The van der Waals surface area contributed by atoms with E-state index in [-0.39, 0.29) is 0 Å². The fourth-order valence-corrected chi connectivity index (χ4v) is 5.86. The van der Waals surface area contributed by atoms with Crippen molar-refractivity contribution in [3.8, 4) is 0 Å². The van der Waals surface area contributed by atoms with Crippen molar-refractivity contribution >= 4 is 43.9 Å². The molecule has 1 aliphatic heterocycles. The van der Waals surface area contributed by atoms with Crippen LogP contribution >= 0.6 is 0 Å². The van der Waals surface area contributed by atoms with Gasteiger partial charge in [-0.1, -0.05) is 12.5 Å². The van der Waals surface area contributed by atoms with Gasteiger partial charge in [-0.2, -0.15) is 0 Å². The lowest BCUT2D eigenvalue weighted by atomic mass is 10.1. The molecule has 35 heavy (non-hydrogen) atoms. The van der Waals surface area contributed by atoms with Crippen LogP contribution in [0.5, 0.6) is 0 Å². The number of imidazole rings is 1. The van der Waals surface area contributed by atoms with Crippen LogP contribution in [0.1, 0.15) is 55.1 Å². The first-order chi connectivity index (χ1) is 16.8. The van der Waals surface area contributed by atoms with Gasteiger partial charge in [0.2, 0.25) is 0 Å². The van der Waals surface area contributed by atoms with E-state index in [4.69, 9.17) is 4.98 Å². The van der Waals surface area contributed by atoms with Crippen LogP contribution in [0.4, 0.5) is 22.9 Å². The van der Waals surface area contributed by atoms with E-state index in [9.17, 15) is 8.42 Å². The highest BCUT2D eigenvalue weighted by Crippen LogP contribution is 2.42. The summed E-state index contributed by atoms with van der Waals surface area (Å²) in [6.45, 7) is 2.93. The van der Waals surface area contributed by atoms with Crippen molar-refractivity contribution in [3.05, 3.63) is 53.6 Å². The number of H-pyrrole nitrogens is 1. The maximum absolute atomic E-state index is 12.6. The number of nitrogens with one attached hydrogen (secondary N) is 3. The standard InChI is InChI=1S/C26H30N6O2S/c1-16-27-25-22(30-21-10-9-18(17-7-8-17)12-23(21)35(2,33)34)14-24(31-26(25)28-16)29-19-13-20-6-4-3-5-11-32(20)15-19/h9-10,12-15,17H,3-8,11H2,1-2H3,(H3,27,28,29,30,31). The molecule has 3 N–H and O–H groups in total. The molecular weight excluding hydrogens is 460 g/mol. The molecule has 0 radical (unpaired) electrons. The molecule has 1 fully saturated rings. The summed E-state index contributed by atoms with van der Waals surface area (Å²) in [7, 11) is -3.42. The summed E-state index contributed by atoms with van der Waals surface area (Å²) in [5.41, 5.74) is 6.02. The number of sulfone groups is 1. The van der Waals surface area contributed by atoms with Crippen LogP contribution in [0.2, 0.25) is 0 Å². The minimum absolute atomic E-state index is 0.314. The fourth-order valence-electron chi connectivity index (χ4n) is 4.99. The number of aromatic nitrogens is 4. The van der Waals surface area contributed by atoms with Gasteiger partial charge in [0.05, 0.1) is 22.0 Å². The Bertz CT molecular complexity index is 1510. The second-order valence-corrected chi connectivity index (χ2v) is 11.8. The summed E-state index contributed by atoms with van der Waals surface area (Å²) in [6.07, 6.45) is 10.4. The van der Waals surface area contributed by atoms with Gasteiger partial charge in [0.15, 0.2) is 15.5 Å². The summed E-state index contributed by atoms with van der Waals surface area (Å²) in [6, 6.07) is 9.82. The summed E-state index contributed by atoms with van der Waals surface area (Å²) >= 11 is 0. The highest BCUT2D eigenvalue weighted by Gasteiger charge is 2.26. The number of aryl methyl sites for hydroxylation is 3. The van der Waals surface area contributed by atoms with Crippen LogP contribution in [0.15, 0.2) is 41.4 Å². The van der Waals surface area contributed by atoms with E-state index in [1.54, 1.807) is 0 Å². The highest BCUT2D eigenvalue weighted by molar-refractivity contribution is 7.90. The zero-order valence-corrected chi connectivity index (χ0v) is 20.9. The average molecular weight is 491 g/mol. The van der Waals surface area contributed by atoms with Crippen LogP contribution in [-0.4, -0.2) is 34.2 Å². The second-order valence-electron chi connectivity index (χ2n) is 9.85. The Morgan fingerprint density at radius 2 is 1.89 bits per heavy atom. The minimum atomic E-state index is -3.42. The Hall–Kier alpha value is -3.33. The highest BCUT2D eigenvalue weighted by atomic mass is 32.2. The molecule has 4 aromatic rings. The molecule has 1 aliphatic carbocycles. The molecule has 0 saturated heterocycles. The summed E-state index contributed by atoms with van der Waals surface area (Å²) < 4.78 is 27.6. The van der Waals surface area contributed by atoms with Crippen molar-refractivity contribution in [3.63, 3.8) is 0 Å². The maximum Gasteiger partial charge on any atom is 0.181 e. The monoisotopic (exact) mass is 490 g/mol. The van der Waals surface area contributed by atoms with E-state index in [0.717, 1.165) is 54.1 Å². The molecule has 0 unspecified atom stereocenters. The molecule has 3 aromatic heterocycles. The number of rotatable bonds is 6. The van der Waals surface area contributed by atoms with Gasteiger partial charge >= 0.3 is 0 Å². The van der Waals surface area contributed by atoms with Crippen LogP contribution < -0.4 is 10.6 Å². The van der Waals surface area contributed by atoms with Gasteiger partial charge < -0.3 is 20.2 Å². The van der Waals surface area contributed by atoms with E-state index in [1.165, 1.54) is 31.2 Å². The van der Waals surface area contributed by atoms with E-state index >= 15 is 0 Å². The Kier molecular flexibility index (Phi) is 5.32. The smallest absolute Gasteiger partial charge is 0.181 e. The fraction of sp³-hybridized carbons (Fsp3) is 0.385. The minimum Gasteiger partial charge on any atom is -0.353 e. The molecule has 0 amide bonds. The number of nitrogens with zero attached hydrogens (tertiary/aromatic N) is 3. The van der Waals surface area contributed by atoms with Gasteiger partial charge in [0, 0.05) is 30.8 Å². The van der Waals surface area contributed by atoms with Crippen LogP contribution in [-0.2, 0) is 22.8 Å². The number of aromatic amines is 1. The molecule has 9 heteroatoms. The maximum atomic E-state index is 12.6. The van der Waals surface area contributed by atoms with Gasteiger partial charge in [0.25, 0.3) is 0 Å². The summed E-state index contributed by atoms with van der Waals surface area (Å²) in [5.74, 6) is 1.87. The Morgan fingerprint density at radius 3 is 2.69 bits per heavy atom. The van der Waals surface area contributed by atoms with Gasteiger partial charge in [-0.25, -0.2) is 18.4 Å². The molecular formula is C26H30N6O2S. The Morgan fingerprint density at radius 1 is 1.03 bits per heavy atom. The first-order valence-electron chi connectivity index (χ1n) is 12.3. The van der Waals surface area contributed by atoms with Crippen LogP contribution in [0.25, 0.3) is 11.2 Å². The number of anilines is 4. The van der Waals surface area contributed by atoms with Crippen molar-refractivity contribution in [2.75, 3.05) is 16.9 Å². The third-order valence-corrected chi connectivity index (χ3v) is 8.03.